The van der Waals surface area contributed by atoms with Gasteiger partial charge in [0.25, 0.3) is 0 Å². The van der Waals surface area contributed by atoms with Crippen LogP contribution in [0.3, 0.4) is 0 Å². The minimum atomic E-state index is -0.330. The van der Waals surface area contributed by atoms with Gasteiger partial charge < -0.3 is 14.4 Å². The van der Waals surface area contributed by atoms with E-state index in [1.54, 1.807) is 0 Å². The summed E-state index contributed by atoms with van der Waals surface area (Å²) in [5, 5.41) is 0.762. The minimum Gasteiger partial charge on any atom is -0.490 e. The van der Waals surface area contributed by atoms with Crippen LogP contribution in [0.15, 0.2) is 65.8 Å². The van der Waals surface area contributed by atoms with Gasteiger partial charge in [0.15, 0.2) is 0 Å². The van der Waals surface area contributed by atoms with Crippen LogP contribution in [0, 0.1) is 0 Å². The number of hydrogen-bond acceptors (Lipinski definition) is 6. The molecule has 0 N–H and O–H groups in total. The Morgan fingerprint density at radius 3 is 2.59 bits per heavy atom. The van der Waals surface area contributed by atoms with Crippen molar-refractivity contribution >= 4 is 35.1 Å². The summed E-state index contributed by atoms with van der Waals surface area (Å²) in [6.45, 7) is 2.79. The second-order valence-corrected chi connectivity index (χ2v) is 13.2. The fraction of sp³-hybridized carbons (Fsp3) is 0.469. The Labute approximate surface area is 247 Å². The van der Waals surface area contributed by atoms with Crippen molar-refractivity contribution < 1.29 is 9.47 Å². The number of nitrogens with zero attached hydrogens (tertiary/aromatic N) is 2. The van der Waals surface area contributed by atoms with Crippen molar-refractivity contribution in [2.45, 2.75) is 61.7 Å². The predicted octanol–water partition coefficient (Wildman–Crippen LogP) is 8.32. The quantitative estimate of drug-likeness (QED) is 0.125. The molecule has 2 aliphatic carbocycles. The Morgan fingerprint density at radius 1 is 1.03 bits per heavy atom. The molecule has 4 nitrogen and oxygen atoms in total. The van der Waals surface area contributed by atoms with Gasteiger partial charge in [-0.1, -0.05) is 29.8 Å². The van der Waals surface area contributed by atoms with Crippen LogP contribution in [0.1, 0.15) is 49.7 Å². The van der Waals surface area contributed by atoms with Gasteiger partial charge in [0, 0.05) is 33.4 Å². The van der Waals surface area contributed by atoms with E-state index in [2.05, 4.69) is 59.6 Å². The van der Waals surface area contributed by atoms with Crippen molar-refractivity contribution in [3.05, 3.63) is 77.1 Å². The lowest BCUT2D eigenvalue weighted by atomic mass is 9.96. The zero-order valence-corrected chi connectivity index (χ0v) is 25.4. The molecule has 3 aromatic rings. The monoisotopic (exact) mass is 582 g/mol. The SMILES string of the molecule is CSCCCN(C)CCCSc1ccc(Cl)c(COC2(c3cnccc3-c3ccccc3OC3CC3)CC2)c1. The molecular weight excluding hydrogens is 544 g/mol. The summed E-state index contributed by atoms with van der Waals surface area (Å²) in [5.41, 5.74) is 4.12. The maximum absolute atomic E-state index is 6.66. The van der Waals surface area contributed by atoms with Crippen LogP contribution < -0.4 is 4.74 Å². The number of para-hydroxylation sites is 1. The summed E-state index contributed by atoms with van der Waals surface area (Å²) >= 11 is 10.5. The van der Waals surface area contributed by atoms with E-state index in [-0.39, 0.29) is 5.60 Å². The molecule has 0 spiro atoms. The van der Waals surface area contributed by atoms with Crippen molar-refractivity contribution in [3.63, 3.8) is 0 Å². The molecule has 2 aliphatic rings. The number of benzene rings is 2. The molecule has 0 amide bonds. The van der Waals surface area contributed by atoms with Crippen molar-refractivity contribution in [2.75, 3.05) is 37.9 Å². The zero-order valence-electron chi connectivity index (χ0n) is 23.0. The molecule has 1 heterocycles. The van der Waals surface area contributed by atoms with E-state index < -0.39 is 0 Å². The molecule has 208 valence electrons. The smallest absolute Gasteiger partial charge is 0.127 e. The van der Waals surface area contributed by atoms with E-state index in [1.165, 1.54) is 30.0 Å². The summed E-state index contributed by atoms with van der Waals surface area (Å²) < 4.78 is 12.9. The summed E-state index contributed by atoms with van der Waals surface area (Å²) in [7, 11) is 2.23. The number of ether oxygens (including phenoxy) is 2. The van der Waals surface area contributed by atoms with E-state index in [9.17, 15) is 0 Å². The number of rotatable bonds is 16. The third-order valence-corrected chi connectivity index (χ3v) is 9.52. The fourth-order valence-corrected chi connectivity index (χ4v) is 6.33. The van der Waals surface area contributed by atoms with E-state index in [4.69, 9.17) is 21.1 Å². The summed E-state index contributed by atoms with van der Waals surface area (Å²) in [4.78, 5) is 8.18. The van der Waals surface area contributed by atoms with Crippen LogP contribution in [0.2, 0.25) is 5.02 Å². The van der Waals surface area contributed by atoms with Gasteiger partial charge in [0.1, 0.15) is 5.75 Å². The van der Waals surface area contributed by atoms with E-state index in [0.29, 0.717) is 12.7 Å². The highest BCUT2D eigenvalue weighted by atomic mass is 35.5. The zero-order chi connectivity index (χ0) is 27.1. The maximum atomic E-state index is 6.66. The molecule has 5 rings (SSSR count). The topological polar surface area (TPSA) is 34.6 Å². The van der Waals surface area contributed by atoms with Gasteiger partial charge in [-0.25, -0.2) is 0 Å². The highest BCUT2D eigenvalue weighted by molar-refractivity contribution is 7.99. The molecule has 39 heavy (non-hydrogen) atoms. The largest absolute Gasteiger partial charge is 0.490 e. The van der Waals surface area contributed by atoms with Crippen molar-refractivity contribution in [2.24, 2.45) is 0 Å². The van der Waals surface area contributed by atoms with Crippen LogP contribution >= 0.6 is 35.1 Å². The summed E-state index contributed by atoms with van der Waals surface area (Å²) in [6.07, 6.45) is 13.0. The first-order chi connectivity index (χ1) is 19.1. The van der Waals surface area contributed by atoms with Gasteiger partial charge >= 0.3 is 0 Å². The Kier molecular flexibility index (Phi) is 10.2. The summed E-state index contributed by atoms with van der Waals surface area (Å²) in [6, 6.07) is 16.8. The van der Waals surface area contributed by atoms with Crippen molar-refractivity contribution in [1.29, 1.82) is 0 Å². The van der Waals surface area contributed by atoms with Gasteiger partial charge in [-0.3, -0.25) is 4.98 Å². The predicted molar refractivity (Wildman–Crippen MR) is 166 cm³/mol. The van der Waals surface area contributed by atoms with Gasteiger partial charge in [-0.15, -0.1) is 11.8 Å². The summed E-state index contributed by atoms with van der Waals surface area (Å²) in [5.74, 6) is 3.28. The van der Waals surface area contributed by atoms with Crippen LogP contribution in [-0.2, 0) is 16.9 Å². The number of halogens is 1. The average Bonchev–Trinajstić information content (AvgIpc) is 3.89. The molecule has 0 bridgehead atoms. The first-order valence-corrected chi connectivity index (χ1v) is 16.8. The average molecular weight is 583 g/mol. The molecule has 0 radical (unpaired) electrons. The Hall–Kier alpha value is -1.70. The van der Waals surface area contributed by atoms with Crippen LogP contribution in [0.25, 0.3) is 11.1 Å². The van der Waals surface area contributed by atoms with Gasteiger partial charge in [0.05, 0.1) is 18.3 Å². The highest BCUT2D eigenvalue weighted by Crippen LogP contribution is 2.53. The second-order valence-electron chi connectivity index (χ2n) is 10.6. The fourth-order valence-electron chi connectivity index (χ4n) is 4.84. The Balaban J connectivity index is 1.21. The number of thioether (sulfide) groups is 2. The normalized spacial score (nSPS) is 16.0. The molecule has 2 saturated carbocycles. The van der Waals surface area contributed by atoms with Gasteiger partial charge in [-0.2, -0.15) is 11.8 Å². The highest BCUT2D eigenvalue weighted by Gasteiger charge is 2.47. The first-order valence-electron chi connectivity index (χ1n) is 14.0. The van der Waals surface area contributed by atoms with Crippen LogP contribution in [-0.4, -0.2) is 53.9 Å². The van der Waals surface area contributed by atoms with Crippen molar-refractivity contribution in [3.8, 4) is 16.9 Å². The number of pyridine rings is 1. The first kappa shape index (κ1) is 28.8. The van der Waals surface area contributed by atoms with E-state index in [1.807, 2.05) is 48.1 Å². The molecular formula is C32H39ClN2O2S2. The number of aromatic nitrogens is 1. The molecule has 0 atom stereocenters. The molecule has 1 aromatic heterocycles. The molecule has 0 saturated heterocycles. The molecule has 7 heteroatoms. The van der Waals surface area contributed by atoms with E-state index >= 15 is 0 Å². The Bertz CT molecular complexity index is 1230. The maximum Gasteiger partial charge on any atom is 0.127 e. The van der Waals surface area contributed by atoms with Crippen LogP contribution in [0.4, 0.5) is 0 Å². The molecule has 0 aliphatic heterocycles. The lowest BCUT2D eigenvalue weighted by Gasteiger charge is -2.22. The second kappa shape index (κ2) is 13.8. The lowest BCUT2D eigenvalue weighted by molar-refractivity contribution is 0.0173. The van der Waals surface area contributed by atoms with Gasteiger partial charge in [-0.05, 0) is 118 Å². The molecule has 2 fully saturated rings. The van der Waals surface area contributed by atoms with Crippen LogP contribution in [0.5, 0.6) is 5.75 Å². The standard InChI is InChI=1S/C32H39ClN2O2S2/c1-35(17-5-19-38-2)18-6-20-39-26-11-12-30(33)24(21-26)23-36-32(14-15-32)29-22-34-16-13-27(29)28-7-3-4-8-31(28)37-25-9-10-25/h3-4,7-8,11-13,16,21-22,25H,5-6,9-10,14-15,17-20,23H2,1-2H3. The third kappa shape index (κ3) is 7.95. The molecule has 2 aromatic carbocycles. The Morgan fingerprint density at radius 2 is 1.82 bits per heavy atom. The van der Waals surface area contributed by atoms with Gasteiger partial charge in [0.2, 0.25) is 0 Å². The molecule has 0 unspecified atom stereocenters. The van der Waals surface area contributed by atoms with E-state index in [0.717, 1.165) is 71.0 Å². The minimum absolute atomic E-state index is 0.330. The number of hydrogen-bond donors (Lipinski definition) is 0. The van der Waals surface area contributed by atoms with Crippen molar-refractivity contribution in [1.82, 2.24) is 9.88 Å². The lowest BCUT2D eigenvalue weighted by Crippen LogP contribution is -2.21. The third-order valence-electron chi connectivity index (χ3n) is 7.37.